The summed E-state index contributed by atoms with van der Waals surface area (Å²) in [5.41, 5.74) is 6.85. The summed E-state index contributed by atoms with van der Waals surface area (Å²) in [6, 6.07) is 8.64. The third-order valence-electron chi connectivity index (χ3n) is 4.41. The van der Waals surface area contributed by atoms with Gasteiger partial charge in [0.15, 0.2) is 16.6 Å². The second-order valence-corrected chi connectivity index (χ2v) is 6.78. The van der Waals surface area contributed by atoms with E-state index in [4.69, 9.17) is 35.9 Å². The third-order valence-corrected chi connectivity index (χ3v) is 4.61. The molecule has 0 saturated carbocycles. The topological polar surface area (TPSA) is 99.3 Å². The summed E-state index contributed by atoms with van der Waals surface area (Å²) < 4.78 is 26.5. The quantitative estimate of drug-likeness (QED) is 0.311. The van der Waals surface area contributed by atoms with Gasteiger partial charge in [-0.05, 0) is 43.4 Å². The summed E-state index contributed by atoms with van der Waals surface area (Å²) in [6.45, 7) is 1.66. The van der Waals surface area contributed by atoms with Gasteiger partial charge < -0.3 is 29.0 Å². The molecule has 0 spiro atoms. The van der Waals surface area contributed by atoms with Gasteiger partial charge in [0.05, 0.1) is 41.2 Å². The van der Waals surface area contributed by atoms with Gasteiger partial charge >= 0.3 is 0 Å². The molecule has 0 aromatic heterocycles. The van der Waals surface area contributed by atoms with Crippen LogP contribution in [0.3, 0.4) is 0 Å². The molecule has 0 aliphatic heterocycles. The van der Waals surface area contributed by atoms with Crippen LogP contribution in [0, 0.1) is 0 Å². The number of thiocarbonyl (C=S) groups is 1. The lowest BCUT2D eigenvalue weighted by molar-refractivity contribution is -0.117. The Balaban J connectivity index is 2.08. The molecule has 2 rings (SSSR count). The first-order chi connectivity index (χ1) is 15.4. The molecule has 0 aliphatic carbocycles. The predicted octanol–water partition coefficient (Wildman–Crippen LogP) is 3.15. The van der Waals surface area contributed by atoms with E-state index in [-0.39, 0.29) is 11.0 Å². The smallest absolute Gasteiger partial charge is 0.265 e. The molecule has 0 fully saturated rings. The number of hydrazine groups is 1. The van der Waals surface area contributed by atoms with Gasteiger partial charge in [0.2, 0.25) is 0 Å². The van der Waals surface area contributed by atoms with E-state index in [0.717, 1.165) is 0 Å². The molecule has 0 unspecified atom stereocenters. The van der Waals surface area contributed by atoms with Gasteiger partial charge in [-0.2, -0.15) is 0 Å². The minimum absolute atomic E-state index is 0.168. The number of ether oxygens (including phenoxy) is 5. The number of carbonyl (C=O) groups excluding carboxylic acids is 1. The maximum Gasteiger partial charge on any atom is 0.265 e. The van der Waals surface area contributed by atoms with Gasteiger partial charge in [0.1, 0.15) is 17.2 Å². The van der Waals surface area contributed by atoms with E-state index in [2.05, 4.69) is 16.2 Å². The molecule has 32 heavy (non-hydrogen) atoms. The summed E-state index contributed by atoms with van der Waals surface area (Å²) in [4.78, 5) is 12.5. The third kappa shape index (κ3) is 6.17. The molecule has 2 aromatic carbocycles. The van der Waals surface area contributed by atoms with Crippen LogP contribution in [-0.4, -0.2) is 46.6 Å². The van der Waals surface area contributed by atoms with Crippen molar-refractivity contribution in [2.24, 2.45) is 0 Å². The first kappa shape index (κ1) is 24.6. The van der Waals surface area contributed by atoms with Crippen LogP contribution in [0.4, 0.5) is 5.69 Å². The van der Waals surface area contributed by atoms with E-state index in [1.807, 2.05) is 0 Å². The van der Waals surface area contributed by atoms with Crippen LogP contribution in [-0.2, 0) is 4.79 Å². The number of methoxy groups -OCH3 is 5. The molecule has 0 aliphatic rings. The fraction of sp³-hybridized carbons (Fsp3) is 0.273. The zero-order valence-corrected chi connectivity index (χ0v) is 19.6. The van der Waals surface area contributed by atoms with E-state index in [0.29, 0.717) is 45.6 Å². The average Bonchev–Trinajstić information content (AvgIpc) is 2.81. The molecule has 10 heteroatoms. The number of anilines is 1. The van der Waals surface area contributed by atoms with Gasteiger partial charge in [-0.3, -0.25) is 15.6 Å². The second kappa shape index (κ2) is 11.7. The van der Waals surface area contributed by atoms with E-state index in [9.17, 15) is 4.79 Å². The molecule has 0 bridgehead atoms. The van der Waals surface area contributed by atoms with E-state index < -0.39 is 0 Å². The molecular weight excluding hydrogens is 434 g/mol. The summed E-state index contributed by atoms with van der Waals surface area (Å²) in [5.74, 6) is 2.38. The normalized spacial score (nSPS) is 10.6. The molecule has 172 valence electrons. The van der Waals surface area contributed by atoms with Crippen LogP contribution < -0.4 is 39.9 Å². The highest BCUT2D eigenvalue weighted by Gasteiger charge is 2.13. The minimum atomic E-state index is -0.386. The zero-order chi connectivity index (χ0) is 23.7. The Bertz CT molecular complexity index is 1010. The fourth-order valence-corrected chi connectivity index (χ4v) is 2.90. The molecule has 2 aromatic rings. The Labute approximate surface area is 192 Å². The first-order valence-corrected chi connectivity index (χ1v) is 9.85. The van der Waals surface area contributed by atoms with Gasteiger partial charge in [-0.15, -0.1) is 0 Å². The predicted molar refractivity (Wildman–Crippen MR) is 127 cm³/mol. The van der Waals surface area contributed by atoms with Gasteiger partial charge in [0.25, 0.3) is 5.91 Å². The van der Waals surface area contributed by atoms with Gasteiger partial charge in [-0.25, -0.2) is 0 Å². The van der Waals surface area contributed by atoms with Crippen molar-refractivity contribution in [3.8, 4) is 28.7 Å². The van der Waals surface area contributed by atoms with Crippen LogP contribution in [0.15, 0.2) is 35.9 Å². The highest BCUT2D eigenvalue weighted by molar-refractivity contribution is 7.80. The maximum atomic E-state index is 12.5. The standard InChI is InChI=1S/C22H27N3O6S/c1-13(9-14-10-19(30-5)20(31-6)12-18(14)29-4)21(26)24-25-22(32)23-16-11-15(27-2)7-8-17(16)28-3/h7-12H,1-6H3,(H,24,26)(H2,23,25,32). The lowest BCUT2D eigenvalue weighted by Gasteiger charge is -2.15. The maximum absolute atomic E-state index is 12.5. The highest BCUT2D eigenvalue weighted by atomic mass is 32.1. The molecular formula is C22H27N3O6S. The lowest BCUT2D eigenvalue weighted by Crippen LogP contribution is -2.44. The molecule has 0 saturated heterocycles. The molecule has 9 nitrogen and oxygen atoms in total. The molecule has 1 amide bonds. The summed E-state index contributed by atoms with van der Waals surface area (Å²) in [7, 11) is 7.71. The van der Waals surface area contributed by atoms with Crippen molar-refractivity contribution in [3.63, 3.8) is 0 Å². The van der Waals surface area contributed by atoms with Gasteiger partial charge in [0, 0.05) is 23.3 Å². The molecule has 0 heterocycles. The summed E-state index contributed by atoms with van der Waals surface area (Å²) in [6.07, 6.45) is 1.67. The van der Waals surface area contributed by atoms with E-state index in [1.54, 1.807) is 57.6 Å². The molecule has 3 N–H and O–H groups in total. The SMILES string of the molecule is COc1ccc(OC)c(NC(=S)NNC(=O)C(C)=Cc2cc(OC)c(OC)cc2OC)c1. The molecule has 0 radical (unpaired) electrons. The number of hydrogen-bond donors (Lipinski definition) is 3. The monoisotopic (exact) mass is 461 g/mol. The number of benzene rings is 2. The summed E-state index contributed by atoms with van der Waals surface area (Å²) >= 11 is 5.25. The Morgan fingerprint density at radius 2 is 1.44 bits per heavy atom. The van der Waals surface area contributed by atoms with Crippen LogP contribution in [0.1, 0.15) is 12.5 Å². The van der Waals surface area contributed by atoms with Crippen molar-refractivity contribution in [3.05, 3.63) is 41.5 Å². The number of nitrogens with one attached hydrogen (secondary N) is 3. The number of rotatable bonds is 8. The fourth-order valence-electron chi connectivity index (χ4n) is 2.74. The Morgan fingerprint density at radius 1 is 0.812 bits per heavy atom. The lowest BCUT2D eigenvalue weighted by atomic mass is 10.1. The largest absolute Gasteiger partial charge is 0.497 e. The Morgan fingerprint density at radius 3 is 2.03 bits per heavy atom. The number of carbonyl (C=O) groups is 1. The molecule has 0 atom stereocenters. The number of amides is 1. The van der Waals surface area contributed by atoms with Crippen molar-refractivity contribution >= 4 is 35.0 Å². The second-order valence-electron chi connectivity index (χ2n) is 6.38. The van der Waals surface area contributed by atoms with E-state index >= 15 is 0 Å². The van der Waals surface area contributed by atoms with E-state index in [1.165, 1.54) is 21.3 Å². The van der Waals surface area contributed by atoms with Gasteiger partial charge in [-0.1, -0.05) is 0 Å². The minimum Gasteiger partial charge on any atom is -0.497 e. The Kier molecular flexibility index (Phi) is 8.96. The highest BCUT2D eigenvalue weighted by Crippen LogP contribution is 2.35. The average molecular weight is 462 g/mol. The van der Waals surface area contributed by atoms with Crippen LogP contribution >= 0.6 is 12.2 Å². The van der Waals surface area contributed by atoms with Crippen molar-refractivity contribution in [2.75, 3.05) is 40.9 Å². The number of hydrogen-bond acceptors (Lipinski definition) is 7. The summed E-state index contributed by atoms with van der Waals surface area (Å²) in [5, 5.41) is 3.12. The Hall–Kier alpha value is -3.66. The van der Waals surface area contributed by atoms with Crippen molar-refractivity contribution < 1.29 is 28.5 Å². The van der Waals surface area contributed by atoms with Crippen molar-refractivity contribution in [1.29, 1.82) is 0 Å². The first-order valence-electron chi connectivity index (χ1n) is 9.44. The van der Waals surface area contributed by atoms with Crippen LogP contribution in [0.5, 0.6) is 28.7 Å². The van der Waals surface area contributed by atoms with Crippen molar-refractivity contribution in [2.45, 2.75) is 6.92 Å². The van der Waals surface area contributed by atoms with Crippen LogP contribution in [0.2, 0.25) is 0 Å². The zero-order valence-electron chi connectivity index (χ0n) is 18.8. The van der Waals surface area contributed by atoms with Crippen molar-refractivity contribution in [1.82, 2.24) is 10.9 Å². The van der Waals surface area contributed by atoms with Crippen LogP contribution in [0.25, 0.3) is 6.08 Å².